The Kier molecular flexibility index (Phi) is 7.48. The molecule has 0 spiro atoms. The van der Waals surface area contributed by atoms with E-state index < -0.39 is 18.2 Å². The highest BCUT2D eigenvalue weighted by molar-refractivity contribution is 5.93. The van der Waals surface area contributed by atoms with E-state index in [0.29, 0.717) is 18.9 Å². The summed E-state index contributed by atoms with van der Waals surface area (Å²) in [5.41, 5.74) is -0.0761. The van der Waals surface area contributed by atoms with Gasteiger partial charge in [-0.2, -0.15) is 5.10 Å². The minimum atomic E-state index is -0.885. The fourth-order valence-electron chi connectivity index (χ4n) is 3.94. The van der Waals surface area contributed by atoms with Crippen molar-refractivity contribution >= 4 is 17.7 Å². The molecule has 3 N–H and O–H groups in total. The number of carbonyl (C=O) groups is 1. The minimum absolute atomic E-state index is 0.166. The Morgan fingerprint density at radius 3 is 2.28 bits per heavy atom. The van der Waals surface area contributed by atoms with Gasteiger partial charge >= 0.3 is 0 Å². The second-order valence-electron chi connectivity index (χ2n) is 8.39. The highest BCUT2D eigenvalue weighted by Gasteiger charge is 2.27. The number of nitrogens with zero attached hydrogens (tertiary/aromatic N) is 4. The molecule has 3 aromatic rings. The molecule has 0 unspecified atom stereocenters. The predicted octanol–water partition coefficient (Wildman–Crippen LogP) is 2.64. The average molecular weight is 504 g/mol. The van der Waals surface area contributed by atoms with Gasteiger partial charge in [0.05, 0.1) is 32.2 Å². The number of anilines is 2. The summed E-state index contributed by atoms with van der Waals surface area (Å²) in [6, 6.07) is 3.09. The number of amides is 1. The van der Waals surface area contributed by atoms with Gasteiger partial charge in [0.1, 0.15) is 12.4 Å². The Morgan fingerprint density at radius 1 is 1.08 bits per heavy atom. The number of carbonyl (C=O) groups excluding carboxylic acids is 1. The first-order valence-electron chi connectivity index (χ1n) is 11.2. The van der Waals surface area contributed by atoms with Gasteiger partial charge in [0.2, 0.25) is 5.95 Å². The molecule has 0 bridgehead atoms. The number of benzene rings is 1. The molecule has 1 aliphatic rings. The van der Waals surface area contributed by atoms with Crippen molar-refractivity contribution in [3.05, 3.63) is 47.4 Å². The van der Waals surface area contributed by atoms with Crippen molar-refractivity contribution in [2.24, 2.45) is 0 Å². The van der Waals surface area contributed by atoms with E-state index >= 15 is 0 Å². The van der Waals surface area contributed by atoms with Crippen LogP contribution in [0.5, 0.6) is 17.2 Å². The Balaban J connectivity index is 1.38. The topological polar surface area (TPSA) is 127 Å². The number of hydrogen-bond acceptors (Lipinski definition) is 9. The first-order valence-corrected chi connectivity index (χ1v) is 11.2. The maximum Gasteiger partial charge on any atom is 0.274 e. The SMILES string of the molecule is COc1cc(OC)c(F)c(COc2cnc(Nc3cc(C(=O)N4C[C@@H](C)N[C@@H](C)C4)n[nH]3)nc2)c1F. The molecule has 192 valence electrons. The summed E-state index contributed by atoms with van der Waals surface area (Å²) >= 11 is 0. The molecule has 13 heteroatoms. The van der Waals surface area contributed by atoms with E-state index in [1.54, 1.807) is 11.0 Å². The molecule has 2 atom stereocenters. The van der Waals surface area contributed by atoms with Crippen LogP contribution < -0.4 is 24.8 Å². The first kappa shape index (κ1) is 25.1. The number of ether oxygens (including phenoxy) is 3. The summed E-state index contributed by atoms with van der Waals surface area (Å²) in [6.07, 6.45) is 2.68. The van der Waals surface area contributed by atoms with Crippen molar-refractivity contribution in [1.82, 2.24) is 30.4 Å². The lowest BCUT2D eigenvalue weighted by Gasteiger charge is -2.35. The van der Waals surface area contributed by atoms with Crippen LogP contribution in [0.25, 0.3) is 0 Å². The summed E-state index contributed by atoms with van der Waals surface area (Å²) in [7, 11) is 2.54. The number of H-pyrrole nitrogens is 1. The molecule has 0 aliphatic carbocycles. The van der Waals surface area contributed by atoms with Crippen molar-refractivity contribution in [2.45, 2.75) is 32.5 Å². The standard InChI is InChI=1S/C23H27F2N7O4/c1-12-9-32(10-13(2)28-12)22(33)16-5-19(31-30-16)29-23-26-7-14(8-27-23)36-11-15-20(24)17(34-3)6-18(35-4)21(15)25/h5-8,12-13,28H,9-11H2,1-4H3,(H2,26,27,29,30,31)/t12-,13+. The molecule has 36 heavy (non-hydrogen) atoms. The van der Waals surface area contributed by atoms with Crippen LogP contribution in [-0.2, 0) is 6.61 Å². The lowest BCUT2D eigenvalue weighted by Crippen LogP contribution is -2.55. The summed E-state index contributed by atoms with van der Waals surface area (Å²) in [5.74, 6) is -1.46. The molecule has 1 saturated heterocycles. The van der Waals surface area contributed by atoms with Crippen molar-refractivity contribution in [3.8, 4) is 17.2 Å². The Labute approximate surface area is 206 Å². The van der Waals surface area contributed by atoms with Gasteiger partial charge in [-0.25, -0.2) is 18.7 Å². The fourth-order valence-corrected chi connectivity index (χ4v) is 3.94. The Morgan fingerprint density at radius 2 is 1.69 bits per heavy atom. The van der Waals surface area contributed by atoms with Gasteiger partial charge in [0.15, 0.2) is 34.6 Å². The predicted molar refractivity (Wildman–Crippen MR) is 126 cm³/mol. The highest BCUT2D eigenvalue weighted by Crippen LogP contribution is 2.32. The van der Waals surface area contributed by atoms with Gasteiger partial charge in [-0.05, 0) is 13.8 Å². The van der Waals surface area contributed by atoms with E-state index in [2.05, 4.69) is 30.8 Å². The number of aromatic amines is 1. The lowest BCUT2D eigenvalue weighted by atomic mass is 10.1. The molecule has 3 heterocycles. The number of aromatic nitrogens is 4. The van der Waals surface area contributed by atoms with Gasteiger partial charge in [-0.15, -0.1) is 0 Å². The highest BCUT2D eigenvalue weighted by atomic mass is 19.1. The smallest absolute Gasteiger partial charge is 0.274 e. The summed E-state index contributed by atoms with van der Waals surface area (Å²) in [4.78, 5) is 22.8. The molecular formula is C23H27F2N7O4. The number of methoxy groups -OCH3 is 2. The van der Waals surface area contributed by atoms with Crippen LogP contribution >= 0.6 is 0 Å². The summed E-state index contributed by atoms with van der Waals surface area (Å²) in [6.45, 7) is 4.81. The third-order valence-electron chi connectivity index (χ3n) is 5.56. The molecule has 0 radical (unpaired) electrons. The third-order valence-corrected chi connectivity index (χ3v) is 5.56. The van der Waals surface area contributed by atoms with Gasteiger partial charge in [0.25, 0.3) is 5.91 Å². The zero-order valence-electron chi connectivity index (χ0n) is 20.3. The molecule has 11 nitrogen and oxygen atoms in total. The van der Waals surface area contributed by atoms with Crippen LogP contribution in [0.15, 0.2) is 24.5 Å². The normalized spacial score (nSPS) is 17.6. The fraction of sp³-hybridized carbons (Fsp3) is 0.391. The Bertz CT molecular complexity index is 1180. The van der Waals surface area contributed by atoms with Gasteiger partial charge in [0, 0.05) is 37.3 Å². The van der Waals surface area contributed by atoms with Crippen LogP contribution in [0.1, 0.15) is 29.9 Å². The summed E-state index contributed by atoms with van der Waals surface area (Å²) < 4.78 is 44.3. The molecule has 0 saturated carbocycles. The number of hydrogen-bond donors (Lipinski definition) is 3. The molecule has 1 amide bonds. The maximum atomic E-state index is 14.5. The van der Waals surface area contributed by atoms with Crippen molar-refractivity contribution in [1.29, 1.82) is 0 Å². The third kappa shape index (κ3) is 5.46. The molecule has 1 aliphatic heterocycles. The molecule has 2 aromatic heterocycles. The lowest BCUT2D eigenvalue weighted by molar-refractivity contribution is 0.0668. The van der Waals surface area contributed by atoms with E-state index in [1.165, 1.54) is 26.6 Å². The zero-order chi connectivity index (χ0) is 25.8. The van der Waals surface area contributed by atoms with E-state index in [9.17, 15) is 13.6 Å². The van der Waals surface area contributed by atoms with Crippen LogP contribution in [0, 0.1) is 11.6 Å². The average Bonchev–Trinajstić information content (AvgIpc) is 3.32. The molecule has 1 fully saturated rings. The van der Waals surface area contributed by atoms with Crippen molar-refractivity contribution < 1.29 is 27.8 Å². The second-order valence-corrected chi connectivity index (χ2v) is 8.39. The van der Waals surface area contributed by atoms with E-state index in [-0.39, 0.29) is 52.4 Å². The number of halogens is 2. The van der Waals surface area contributed by atoms with Crippen LogP contribution in [-0.4, -0.2) is 70.4 Å². The summed E-state index contributed by atoms with van der Waals surface area (Å²) in [5, 5.41) is 13.1. The number of rotatable bonds is 8. The molecule has 1 aromatic carbocycles. The maximum absolute atomic E-state index is 14.5. The number of nitrogens with one attached hydrogen (secondary N) is 3. The van der Waals surface area contributed by atoms with Crippen LogP contribution in [0.2, 0.25) is 0 Å². The zero-order valence-corrected chi connectivity index (χ0v) is 20.3. The van der Waals surface area contributed by atoms with Crippen LogP contribution in [0.4, 0.5) is 20.5 Å². The molecular weight excluding hydrogens is 476 g/mol. The number of piperazine rings is 1. The quantitative estimate of drug-likeness (QED) is 0.425. The van der Waals surface area contributed by atoms with Gasteiger partial charge in [-0.3, -0.25) is 9.89 Å². The monoisotopic (exact) mass is 503 g/mol. The molecule has 4 rings (SSSR count). The van der Waals surface area contributed by atoms with E-state index in [1.807, 2.05) is 13.8 Å². The van der Waals surface area contributed by atoms with E-state index in [4.69, 9.17) is 14.2 Å². The Hall–Kier alpha value is -4.00. The van der Waals surface area contributed by atoms with E-state index in [0.717, 1.165) is 6.07 Å². The first-order chi connectivity index (χ1) is 17.3. The van der Waals surface area contributed by atoms with Crippen molar-refractivity contribution in [3.63, 3.8) is 0 Å². The van der Waals surface area contributed by atoms with Gasteiger partial charge in [-0.1, -0.05) is 0 Å². The minimum Gasteiger partial charge on any atom is -0.494 e. The largest absolute Gasteiger partial charge is 0.494 e. The van der Waals surface area contributed by atoms with Gasteiger partial charge < -0.3 is 29.7 Å². The van der Waals surface area contributed by atoms with Crippen LogP contribution in [0.3, 0.4) is 0 Å². The second kappa shape index (κ2) is 10.7. The van der Waals surface area contributed by atoms with Crippen molar-refractivity contribution in [2.75, 3.05) is 32.6 Å².